The Morgan fingerprint density at radius 3 is 2.06 bits per heavy atom. The number of carbonyl (C=O) groups is 2. The minimum atomic E-state index is -1.97. The summed E-state index contributed by atoms with van der Waals surface area (Å²) in [4.78, 5) is 27.4. The highest BCUT2D eigenvalue weighted by Crippen LogP contribution is 2.36. The molecule has 1 aromatic rings. The van der Waals surface area contributed by atoms with Crippen LogP contribution in [0, 0.1) is 0 Å². The fourth-order valence-electron chi connectivity index (χ4n) is 3.61. The van der Waals surface area contributed by atoms with Gasteiger partial charge in [-0.3, -0.25) is 9.59 Å². The number of aliphatic hydroxyl groups excluding tert-OH is 1. The zero-order valence-corrected chi connectivity index (χ0v) is 18.1. The number of allylic oxidation sites excluding steroid dienone is 7. The van der Waals surface area contributed by atoms with E-state index in [1.807, 2.05) is 0 Å². The van der Waals surface area contributed by atoms with E-state index < -0.39 is 31.6 Å². The minimum Gasteiger partial charge on any atom is -0.506 e. The van der Waals surface area contributed by atoms with Crippen molar-refractivity contribution in [1.82, 2.24) is 0 Å². The Balaban J connectivity index is 2.28. The first-order valence-corrected chi connectivity index (χ1v) is 9.70. The van der Waals surface area contributed by atoms with E-state index in [4.69, 9.17) is 0 Å². The second-order valence-corrected chi connectivity index (χ2v) is 7.84. The minimum absolute atomic E-state index is 0.00698. The highest BCUT2D eigenvalue weighted by Gasteiger charge is 2.42. The van der Waals surface area contributed by atoms with E-state index in [2.05, 4.69) is 0 Å². The summed E-state index contributed by atoms with van der Waals surface area (Å²) in [6.07, 6.45) is 4.46. The van der Waals surface area contributed by atoms with Crippen LogP contribution in [0.3, 0.4) is 0 Å². The second-order valence-electron chi connectivity index (χ2n) is 7.84. The number of aliphatic hydroxyl groups is 1. The molecule has 0 aromatic heterocycles. The standard InChI is InChI=1S/C21H22B2N2O7/c1-24(2)11-5-7-13(15(9-11)22(29)30)17-19(26)18(21(28)20(17)27)14-8-6-12(25(3)4)10-16(14)23(31)32/h5-10,29-32H,1-4H3/p+1. The molecule has 5 N–H and O–H groups in total. The SMILES string of the molecule is CN(C)c1ccc(C2=C(O)C(=C3C=CC(=[N+](C)C)C=C3B(O)O)C(=O)C2=O)c(B(O)O)c1. The normalized spacial score (nSPS) is 18.4. The van der Waals surface area contributed by atoms with Gasteiger partial charge in [0.15, 0.2) is 5.71 Å². The number of Topliss-reactive ketones (excluding diaryl/α,β-unsaturated/α-hetero) is 2. The van der Waals surface area contributed by atoms with Crippen LogP contribution in [0.5, 0.6) is 0 Å². The van der Waals surface area contributed by atoms with Crippen LogP contribution in [0.15, 0.2) is 58.8 Å². The van der Waals surface area contributed by atoms with Crippen molar-refractivity contribution in [1.29, 1.82) is 0 Å². The first-order chi connectivity index (χ1) is 15.0. The first-order valence-electron chi connectivity index (χ1n) is 9.70. The van der Waals surface area contributed by atoms with Crippen LogP contribution >= 0.6 is 0 Å². The van der Waals surface area contributed by atoms with E-state index >= 15 is 0 Å². The predicted molar refractivity (Wildman–Crippen MR) is 122 cm³/mol. The van der Waals surface area contributed by atoms with E-state index in [9.17, 15) is 34.8 Å². The molecule has 0 bridgehead atoms. The molecule has 3 rings (SSSR count). The topological polar surface area (TPSA) is 142 Å². The van der Waals surface area contributed by atoms with E-state index in [-0.39, 0.29) is 33.2 Å². The summed E-state index contributed by atoms with van der Waals surface area (Å²) in [7, 11) is 3.05. The molecule has 0 unspecified atom stereocenters. The van der Waals surface area contributed by atoms with Gasteiger partial charge < -0.3 is 30.1 Å². The van der Waals surface area contributed by atoms with Crippen LogP contribution < -0.4 is 10.4 Å². The average molecular weight is 437 g/mol. The van der Waals surface area contributed by atoms with Gasteiger partial charge in [-0.15, -0.1) is 0 Å². The predicted octanol–water partition coefficient (Wildman–Crippen LogP) is -1.63. The van der Waals surface area contributed by atoms with Gasteiger partial charge >= 0.3 is 14.2 Å². The Labute approximate surface area is 185 Å². The molecule has 1 aromatic carbocycles. The number of nitrogens with zero attached hydrogens (tertiary/aromatic N) is 2. The first kappa shape index (κ1) is 23.4. The van der Waals surface area contributed by atoms with Gasteiger partial charge in [0.2, 0.25) is 11.6 Å². The molecule has 0 saturated carbocycles. The van der Waals surface area contributed by atoms with Gasteiger partial charge in [0.1, 0.15) is 19.9 Å². The Bertz CT molecular complexity index is 1170. The molecule has 9 nitrogen and oxygen atoms in total. The Kier molecular flexibility index (Phi) is 6.38. The summed E-state index contributed by atoms with van der Waals surface area (Å²) >= 11 is 0. The van der Waals surface area contributed by atoms with Crippen LogP contribution in [-0.4, -0.2) is 89.5 Å². The maximum absolute atomic E-state index is 12.9. The van der Waals surface area contributed by atoms with Gasteiger partial charge in [-0.1, -0.05) is 6.07 Å². The van der Waals surface area contributed by atoms with Gasteiger partial charge in [0.25, 0.3) is 0 Å². The summed E-state index contributed by atoms with van der Waals surface area (Å²) in [6, 6.07) is 4.46. The molecule has 2 aliphatic carbocycles. The Morgan fingerprint density at radius 1 is 0.906 bits per heavy atom. The molecular formula is C21H23B2N2O7+. The summed E-state index contributed by atoms with van der Waals surface area (Å²) in [6.45, 7) is 0. The molecule has 2 aliphatic rings. The molecule has 0 spiro atoms. The molecule has 32 heavy (non-hydrogen) atoms. The lowest BCUT2D eigenvalue weighted by atomic mass is 9.70. The highest BCUT2D eigenvalue weighted by atomic mass is 16.4. The number of carbonyl (C=O) groups excluding carboxylic acids is 2. The molecule has 0 saturated heterocycles. The molecule has 0 heterocycles. The van der Waals surface area contributed by atoms with Crippen molar-refractivity contribution < 1.29 is 39.4 Å². The third-order valence-corrected chi connectivity index (χ3v) is 5.33. The van der Waals surface area contributed by atoms with Crippen molar-refractivity contribution in [2.24, 2.45) is 0 Å². The van der Waals surface area contributed by atoms with Crippen molar-refractivity contribution in [3.63, 3.8) is 0 Å². The van der Waals surface area contributed by atoms with Crippen LogP contribution in [-0.2, 0) is 9.59 Å². The van der Waals surface area contributed by atoms with Crippen molar-refractivity contribution in [3.05, 3.63) is 64.4 Å². The smallest absolute Gasteiger partial charge is 0.489 e. The lowest BCUT2D eigenvalue weighted by Gasteiger charge is -2.17. The lowest BCUT2D eigenvalue weighted by Crippen LogP contribution is -2.34. The zero-order chi connectivity index (χ0) is 23.9. The number of ketones is 2. The maximum atomic E-state index is 12.9. The van der Waals surface area contributed by atoms with Gasteiger partial charge in [-0.25, -0.2) is 4.58 Å². The van der Waals surface area contributed by atoms with E-state index in [0.29, 0.717) is 11.4 Å². The average Bonchev–Trinajstić information content (AvgIpc) is 2.95. The monoisotopic (exact) mass is 437 g/mol. The summed E-state index contributed by atoms with van der Waals surface area (Å²) in [5.41, 5.74) is 0.323. The number of benzene rings is 1. The van der Waals surface area contributed by atoms with E-state index in [1.165, 1.54) is 24.3 Å². The molecule has 0 radical (unpaired) electrons. The molecule has 0 atom stereocenters. The number of hydrogen-bond donors (Lipinski definition) is 5. The molecule has 164 valence electrons. The van der Waals surface area contributed by atoms with Crippen molar-refractivity contribution in [2.45, 2.75) is 0 Å². The quantitative estimate of drug-likeness (QED) is 0.164. The van der Waals surface area contributed by atoms with Gasteiger partial charge in [-0.2, -0.15) is 0 Å². The van der Waals surface area contributed by atoms with Crippen molar-refractivity contribution in [2.75, 3.05) is 33.1 Å². The fourth-order valence-corrected chi connectivity index (χ4v) is 3.61. The molecule has 0 fully saturated rings. The highest BCUT2D eigenvalue weighted by molar-refractivity contribution is 6.67. The van der Waals surface area contributed by atoms with Gasteiger partial charge in [-0.05, 0) is 40.3 Å². The Morgan fingerprint density at radius 2 is 1.53 bits per heavy atom. The number of anilines is 1. The van der Waals surface area contributed by atoms with Gasteiger partial charge in [0.05, 0.1) is 11.1 Å². The molecule has 0 amide bonds. The third-order valence-electron chi connectivity index (χ3n) is 5.33. The third kappa shape index (κ3) is 3.98. The zero-order valence-electron chi connectivity index (χ0n) is 18.1. The van der Waals surface area contributed by atoms with E-state index in [1.54, 1.807) is 49.8 Å². The van der Waals surface area contributed by atoms with Crippen molar-refractivity contribution >= 4 is 48.2 Å². The van der Waals surface area contributed by atoms with Crippen molar-refractivity contribution in [3.8, 4) is 0 Å². The summed E-state index contributed by atoms with van der Waals surface area (Å²) < 4.78 is 1.71. The summed E-state index contributed by atoms with van der Waals surface area (Å²) in [5, 5.41) is 50.3. The summed E-state index contributed by atoms with van der Waals surface area (Å²) in [5.74, 6) is -2.74. The van der Waals surface area contributed by atoms with Crippen LogP contribution in [0.1, 0.15) is 5.56 Å². The lowest BCUT2D eigenvalue weighted by molar-refractivity contribution is -0.462. The molecular weight excluding hydrogens is 414 g/mol. The number of hydrogen-bond acceptors (Lipinski definition) is 8. The van der Waals surface area contributed by atoms with Gasteiger partial charge in [0, 0.05) is 31.9 Å². The number of rotatable bonds is 4. The van der Waals surface area contributed by atoms with E-state index in [0.717, 1.165) is 0 Å². The Hall–Kier alpha value is -3.24. The fraction of sp³-hybridized carbons (Fsp3) is 0.190. The maximum Gasteiger partial charge on any atom is 0.489 e. The van der Waals surface area contributed by atoms with Crippen LogP contribution in [0.25, 0.3) is 5.57 Å². The van der Waals surface area contributed by atoms with Crippen LogP contribution in [0.4, 0.5) is 5.69 Å². The second kappa shape index (κ2) is 8.71. The largest absolute Gasteiger partial charge is 0.506 e. The van der Waals surface area contributed by atoms with Crippen LogP contribution in [0.2, 0.25) is 0 Å². The molecule has 0 aliphatic heterocycles. The molecule has 11 heteroatoms.